The molecule has 1 unspecified atom stereocenters. The maximum atomic E-state index is 6.17. The lowest BCUT2D eigenvalue weighted by molar-refractivity contribution is 0.427. The summed E-state index contributed by atoms with van der Waals surface area (Å²) in [4.78, 5) is 4.04. The predicted molar refractivity (Wildman–Crippen MR) is 79.1 cm³/mol. The summed E-state index contributed by atoms with van der Waals surface area (Å²) in [6.07, 6.45) is 8.17. The minimum Gasteiger partial charge on any atom is -0.314 e. The molecule has 0 spiro atoms. The summed E-state index contributed by atoms with van der Waals surface area (Å²) in [7, 11) is 0. The molecule has 2 nitrogen and oxygen atoms in total. The minimum atomic E-state index is 0.521. The van der Waals surface area contributed by atoms with Crippen molar-refractivity contribution in [2.75, 3.05) is 6.54 Å². The summed E-state index contributed by atoms with van der Waals surface area (Å²) in [6.45, 7) is 7.82. The zero-order chi connectivity index (χ0) is 13.4. The summed E-state index contributed by atoms with van der Waals surface area (Å²) in [5, 5.41) is 4.40. The number of hydrogen-bond acceptors (Lipinski definition) is 2. The quantitative estimate of drug-likeness (QED) is 0.768. The fraction of sp³-hybridized carbons (Fsp3) is 0.667. The molecule has 0 aromatic carbocycles. The number of nitrogens with one attached hydrogen (secondary N) is 1. The summed E-state index contributed by atoms with van der Waals surface area (Å²) >= 11 is 6.17. The van der Waals surface area contributed by atoms with Gasteiger partial charge in [0, 0.05) is 18.4 Å². The first-order valence-electron chi connectivity index (χ1n) is 6.95. The van der Waals surface area contributed by atoms with Gasteiger partial charge in [0.15, 0.2) is 0 Å². The average molecular weight is 269 g/mol. The third-order valence-electron chi connectivity index (χ3n) is 3.10. The van der Waals surface area contributed by atoms with Crippen LogP contribution in [0.15, 0.2) is 18.5 Å². The van der Waals surface area contributed by atoms with Crippen molar-refractivity contribution < 1.29 is 0 Å². The van der Waals surface area contributed by atoms with E-state index in [-0.39, 0.29) is 0 Å². The van der Waals surface area contributed by atoms with Crippen LogP contribution in [0.2, 0.25) is 5.02 Å². The average Bonchev–Trinajstić information content (AvgIpc) is 2.35. The van der Waals surface area contributed by atoms with Gasteiger partial charge >= 0.3 is 0 Å². The van der Waals surface area contributed by atoms with E-state index in [1.54, 1.807) is 6.20 Å². The van der Waals surface area contributed by atoms with Crippen molar-refractivity contribution in [3.63, 3.8) is 0 Å². The van der Waals surface area contributed by atoms with Crippen molar-refractivity contribution in [1.29, 1.82) is 0 Å². The van der Waals surface area contributed by atoms with Crippen molar-refractivity contribution in [2.45, 2.75) is 52.5 Å². The smallest absolute Gasteiger partial charge is 0.0621 e. The second-order valence-corrected chi connectivity index (χ2v) is 5.70. The highest BCUT2D eigenvalue weighted by molar-refractivity contribution is 6.31. The van der Waals surface area contributed by atoms with E-state index in [0.717, 1.165) is 23.9 Å². The van der Waals surface area contributed by atoms with E-state index in [2.05, 4.69) is 31.1 Å². The van der Waals surface area contributed by atoms with Crippen LogP contribution >= 0.6 is 11.6 Å². The molecule has 0 amide bonds. The van der Waals surface area contributed by atoms with E-state index in [9.17, 15) is 0 Å². The van der Waals surface area contributed by atoms with Crippen LogP contribution < -0.4 is 5.32 Å². The van der Waals surface area contributed by atoms with E-state index in [0.29, 0.717) is 6.04 Å². The van der Waals surface area contributed by atoms with Gasteiger partial charge in [-0.15, -0.1) is 0 Å². The molecule has 0 radical (unpaired) electrons. The molecule has 1 rings (SSSR count). The van der Waals surface area contributed by atoms with Crippen LogP contribution in [0.4, 0.5) is 0 Å². The number of hydrogen-bond donors (Lipinski definition) is 1. The lowest BCUT2D eigenvalue weighted by Gasteiger charge is -2.20. The number of rotatable bonds is 8. The Morgan fingerprint density at radius 2 is 2.11 bits per heavy atom. The Balaban J connectivity index is 2.56. The van der Waals surface area contributed by atoms with Gasteiger partial charge in [-0.05, 0) is 49.8 Å². The summed E-state index contributed by atoms with van der Waals surface area (Å²) in [5.74, 6) is 0.754. The van der Waals surface area contributed by atoms with Gasteiger partial charge in [-0.25, -0.2) is 0 Å². The molecule has 1 N–H and O–H groups in total. The summed E-state index contributed by atoms with van der Waals surface area (Å²) in [5.41, 5.74) is 1.20. The predicted octanol–water partition coefficient (Wildman–Crippen LogP) is 4.08. The second-order valence-electron chi connectivity index (χ2n) is 5.29. The van der Waals surface area contributed by atoms with Crippen LogP contribution in [-0.4, -0.2) is 17.6 Å². The van der Waals surface area contributed by atoms with Gasteiger partial charge in [0.2, 0.25) is 0 Å². The first-order chi connectivity index (χ1) is 8.63. The van der Waals surface area contributed by atoms with Crippen molar-refractivity contribution in [2.24, 2.45) is 5.92 Å². The fourth-order valence-electron chi connectivity index (χ4n) is 1.99. The Morgan fingerprint density at radius 3 is 2.72 bits per heavy atom. The van der Waals surface area contributed by atoms with Gasteiger partial charge in [-0.2, -0.15) is 0 Å². The van der Waals surface area contributed by atoms with Crippen molar-refractivity contribution in [3.05, 3.63) is 29.0 Å². The van der Waals surface area contributed by atoms with Crippen molar-refractivity contribution in [1.82, 2.24) is 10.3 Å². The van der Waals surface area contributed by atoms with Gasteiger partial charge in [0.25, 0.3) is 0 Å². The highest BCUT2D eigenvalue weighted by Gasteiger charge is 2.11. The molecule has 1 aromatic rings. The molecule has 0 saturated carbocycles. The lowest BCUT2D eigenvalue weighted by Crippen LogP contribution is -2.32. The first kappa shape index (κ1) is 15.5. The van der Waals surface area contributed by atoms with Crippen LogP contribution in [0, 0.1) is 5.92 Å². The van der Waals surface area contributed by atoms with Crippen LogP contribution in [-0.2, 0) is 6.42 Å². The molecule has 1 atom stereocenters. The van der Waals surface area contributed by atoms with Gasteiger partial charge in [-0.1, -0.05) is 32.4 Å². The van der Waals surface area contributed by atoms with E-state index in [4.69, 9.17) is 11.6 Å². The van der Waals surface area contributed by atoms with Gasteiger partial charge < -0.3 is 5.32 Å². The third-order valence-corrected chi connectivity index (χ3v) is 3.44. The molecule has 0 aliphatic carbocycles. The fourth-order valence-corrected chi connectivity index (χ4v) is 2.19. The van der Waals surface area contributed by atoms with Gasteiger partial charge in [-0.3, -0.25) is 4.98 Å². The van der Waals surface area contributed by atoms with Crippen LogP contribution in [0.25, 0.3) is 0 Å². The third kappa shape index (κ3) is 5.83. The zero-order valence-corrected chi connectivity index (χ0v) is 12.5. The largest absolute Gasteiger partial charge is 0.314 e. The highest BCUT2D eigenvalue weighted by atomic mass is 35.5. The van der Waals surface area contributed by atoms with Crippen molar-refractivity contribution >= 4 is 11.6 Å². The maximum Gasteiger partial charge on any atom is 0.0621 e. The molecular formula is C15H25ClN2. The molecule has 0 aliphatic heterocycles. The molecule has 18 heavy (non-hydrogen) atoms. The van der Waals surface area contributed by atoms with E-state index < -0.39 is 0 Å². The van der Waals surface area contributed by atoms with E-state index >= 15 is 0 Å². The Hall–Kier alpha value is -0.600. The number of halogens is 1. The normalized spacial score (nSPS) is 12.9. The minimum absolute atomic E-state index is 0.521. The van der Waals surface area contributed by atoms with Crippen LogP contribution in [0.5, 0.6) is 0 Å². The van der Waals surface area contributed by atoms with Gasteiger partial charge in [0.05, 0.1) is 5.02 Å². The number of nitrogens with zero attached hydrogens (tertiary/aromatic N) is 1. The standard InChI is InChI=1S/C15H25ClN2/c1-4-8-18-14(6-5-12(2)3)10-13-7-9-17-11-15(13)16/h7,9,11-12,14,18H,4-6,8,10H2,1-3H3. The Labute approximate surface area is 116 Å². The Bertz CT molecular complexity index is 339. The SMILES string of the molecule is CCCNC(CCC(C)C)Cc1ccncc1Cl. The first-order valence-corrected chi connectivity index (χ1v) is 7.33. The van der Waals surface area contributed by atoms with Crippen LogP contribution in [0.3, 0.4) is 0 Å². The second kappa shape index (κ2) is 8.49. The number of aromatic nitrogens is 1. The highest BCUT2D eigenvalue weighted by Crippen LogP contribution is 2.18. The molecule has 102 valence electrons. The summed E-state index contributed by atoms with van der Waals surface area (Å²) < 4.78 is 0. The molecule has 0 fully saturated rings. The lowest BCUT2D eigenvalue weighted by atomic mass is 9.98. The Morgan fingerprint density at radius 1 is 1.33 bits per heavy atom. The molecule has 3 heteroatoms. The molecule has 0 saturated heterocycles. The molecule has 0 bridgehead atoms. The monoisotopic (exact) mass is 268 g/mol. The molecular weight excluding hydrogens is 244 g/mol. The molecule has 0 aliphatic rings. The summed E-state index contributed by atoms with van der Waals surface area (Å²) in [6, 6.07) is 2.55. The maximum absolute atomic E-state index is 6.17. The Kier molecular flexibility index (Phi) is 7.29. The molecule has 1 aromatic heterocycles. The number of pyridine rings is 1. The zero-order valence-electron chi connectivity index (χ0n) is 11.7. The van der Waals surface area contributed by atoms with Crippen molar-refractivity contribution in [3.8, 4) is 0 Å². The topological polar surface area (TPSA) is 24.9 Å². The van der Waals surface area contributed by atoms with E-state index in [1.807, 2.05) is 12.3 Å². The van der Waals surface area contributed by atoms with Gasteiger partial charge in [0.1, 0.15) is 0 Å². The van der Waals surface area contributed by atoms with E-state index in [1.165, 1.54) is 24.8 Å². The van der Waals surface area contributed by atoms with Crippen LogP contribution in [0.1, 0.15) is 45.6 Å². The molecule has 1 heterocycles.